The normalized spacial score (nSPS) is 20.0. The average molecular weight is 351 g/mol. The van der Waals surface area contributed by atoms with Crippen molar-refractivity contribution in [2.75, 3.05) is 11.1 Å². The van der Waals surface area contributed by atoms with Gasteiger partial charge in [-0.2, -0.15) is 11.8 Å². The Labute approximate surface area is 147 Å². The van der Waals surface area contributed by atoms with Gasteiger partial charge in [0, 0.05) is 23.6 Å². The van der Waals surface area contributed by atoms with Crippen LogP contribution in [0, 0.1) is 0 Å². The highest BCUT2D eigenvalue weighted by molar-refractivity contribution is 7.98. The summed E-state index contributed by atoms with van der Waals surface area (Å²) >= 11 is 1.58. The summed E-state index contributed by atoms with van der Waals surface area (Å²) in [6, 6.07) is 7.71. The molecule has 2 N–H and O–H groups in total. The summed E-state index contributed by atoms with van der Waals surface area (Å²) in [5.74, 6) is 0.564. The molecular formula is C18H25NO4S. The summed E-state index contributed by atoms with van der Waals surface area (Å²) in [4.78, 5) is 22.6. The maximum atomic E-state index is 12.1. The van der Waals surface area contributed by atoms with Crippen LogP contribution in [0.4, 0.5) is 5.69 Å². The lowest BCUT2D eigenvalue weighted by Gasteiger charge is -2.11. The number of carbonyl (C=O) groups is 2. The molecule has 1 fully saturated rings. The van der Waals surface area contributed by atoms with Crippen LogP contribution in [0.15, 0.2) is 24.3 Å². The van der Waals surface area contributed by atoms with E-state index in [1.165, 1.54) is 0 Å². The highest BCUT2D eigenvalue weighted by atomic mass is 32.2. The van der Waals surface area contributed by atoms with Gasteiger partial charge >= 0.3 is 5.97 Å². The van der Waals surface area contributed by atoms with E-state index in [9.17, 15) is 9.59 Å². The number of rotatable bonds is 9. The Morgan fingerprint density at radius 1 is 1.33 bits per heavy atom. The summed E-state index contributed by atoms with van der Waals surface area (Å²) < 4.78 is 5.73. The number of ether oxygens (including phenoxy) is 1. The van der Waals surface area contributed by atoms with Crippen LogP contribution in [-0.2, 0) is 20.1 Å². The summed E-state index contributed by atoms with van der Waals surface area (Å²) in [6.45, 7) is 2.07. The number of benzene rings is 1. The number of thioether (sulfide) groups is 1. The third kappa shape index (κ3) is 6.93. The highest BCUT2D eigenvalue weighted by Gasteiger charge is 2.22. The molecule has 6 heteroatoms. The monoisotopic (exact) mass is 351 g/mol. The standard InChI is InChI=1S/C18H25NO4S/c1-13-5-6-16(23-13)7-8-17(20)19-15-4-2-3-14(11-15)12-24-10-9-18(21)22/h2-4,11,13,16H,5-10,12H2,1H3,(H,19,20)(H,21,22). The first-order valence-corrected chi connectivity index (χ1v) is 9.52. The van der Waals surface area contributed by atoms with Gasteiger partial charge in [0.25, 0.3) is 0 Å². The molecule has 2 rings (SSSR count). The van der Waals surface area contributed by atoms with E-state index in [1.54, 1.807) is 11.8 Å². The van der Waals surface area contributed by atoms with Crippen molar-refractivity contribution in [3.05, 3.63) is 29.8 Å². The SMILES string of the molecule is CC1CCC(CCC(=O)Nc2cccc(CSCCC(=O)O)c2)O1. The topological polar surface area (TPSA) is 75.6 Å². The van der Waals surface area contributed by atoms with Gasteiger partial charge in [-0.15, -0.1) is 0 Å². The Morgan fingerprint density at radius 2 is 2.17 bits per heavy atom. The van der Waals surface area contributed by atoms with Crippen molar-refractivity contribution >= 4 is 29.3 Å². The minimum atomic E-state index is -0.774. The number of anilines is 1. The van der Waals surface area contributed by atoms with Gasteiger partial charge in [-0.1, -0.05) is 12.1 Å². The maximum absolute atomic E-state index is 12.1. The molecule has 0 aliphatic carbocycles. The molecule has 0 saturated carbocycles. The zero-order valence-corrected chi connectivity index (χ0v) is 14.8. The van der Waals surface area contributed by atoms with Crippen LogP contribution in [0.5, 0.6) is 0 Å². The quantitative estimate of drug-likeness (QED) is 0.664. The predicted octanol–water partition coefficient (Wildman–Crippen LogP) is 3.68. The van der Waals surface area contributed by atoms with Gasteiger partial charge < -0.3 is 15.2 Å². The second kappa shape index (κ2) is 9.69. The van der Waals surface area contributed by atoms with Crippen molar-refractivity contribution in [1.82, 2.24) is 0 Å². The first-order valence-electron chi connectivity index (χ1n) is 8.36. The van der Waals surface area contributed by atoms with Crippen molar-refractivity contribution in [2.45, 2.75) is 57.0 Å². The van der Waals surface area contributed by atoms with E-state index in [1.807, 2.05) is 24.3 Å². The van der Waals surface area contributed by atoms with Crippen LogP contribution in [0.1, 0.15) is 44.6 Å². The zero-order chi connectivity index (χ0) is 17.4. The van der Waals surface area contributed by atoms with Crippen LogP contribution >= 0.6 is 11.8 Å². The average Bonchev–Trinajstić information content (AvgIpc) is 2.95. The van der Waals surface area contributed by atoms with Crippen LogP contribution in [-0.4, -0.2) is 34.9 Å². The third-order valence-electron chi connectivity index (χ3n) is 3.95. The first kappa shape index (κ1) is 18.8. The molecule has 0 radical (unpaired) electrons. The van der Waals surface area contributed by atoms with Crippen molar-refractivity contribution < 1.29 is 19.4 Å². The minimum absolute atomic E-state index is 0.00818. The van der Waals surface area contributed by atoms with E-state index < -0.39 is 5.97 Å². The Balaban J connectivity index is 1.72. The molecule has 1 heterocycles. The molecule has 132 valence electrons. The number of carboxylic acid groups (broad SMARTS) is 1. The van der Waals surface area contributed by atoms with E-state index in [0.717, 1.165) is 36.3 Å². The molecular weight excluding hydrogens is 326 g/mol. The number of carbonyl (C=O) groups excluding carboxylic acids is 1. The van der Waals surface area contributed by atoms with E-state index in [4.69, 9.17) is 9.84 Å². The summed E-state index contributed by atoms with van der Waals surface area (Å²) in [5.41, 5.74) is 1.87. The minimum Gasteiger partial charge on any atom is -0.481 e. The fraction of sp³-hybridized carbons (Fsp3) is 0.556. The fourth-order valence-corrected chi connectivity index (χ4v) is 3.58. The smallest absolute Gasteiger partial charge is 0.304 e. The molecule has 1 aliphatic heterocycles. The van der Waals surface area contributed by atoms with Gasteiger partial charge in [0.2, 0.25) is 5.91 Å². The lowest BCUT2D eigenvalue weighted by Crippen LogP contribution is -2.16. The van der Waals surface area contributed by atoms with Gasteiger partial charge in [0.1, 0.15) is 0 Å². The Hall–Kier alpha value is -1.53. The summed E-state index contributed by atoms with van der Waals surface area (Å²) in [7, 11) is 0. The van der Waals surface area contributed by atoms with E-state index >= 15 is 0 Å². The molecule has 0 bridgehead atoms. The summed E-state index contributed by atoms with van der Waals surface area (Å²) in [6.07, 6.45) is 4.04. The van der Waals surface area contributed by atoms with Crippen molar-refractivity contribution in [3.8, 4) is 0 Å². The predicted molar refractivity (Wildman–Crippen MR) is 96.3 cm³/mol. The van der Waals surface area contributed by atoms with E-state index in [-0.39, 0.29) is 18.4 Å². The lowest BCUT2D eigenvalue weighted by atomic mass is 10.1. The van der Waals surface area contributed by atoms with Crippen LogP contribution < -0.4 is 5.32 Å². The molecule has 2 unspecified atom stereocenters. The first-order chi connectivity index (χ1) is 11.5. The molecule has 2 atom stereocenters. The third-order valence-corrected chi connectivity index (χ3v) is 4.98. The number of nitrogens with one attached hydrogen (secondary N) is 1. The number of hydrogen-bond donors (Lipinski definition) is 2. The second-order valence-electron chi connectivity index (χ2n) is 6.13. The maximum Gasteiger partial charge on any atom is 0.304 e. The molecule has 1 aromatic rings. The van der Waals surface area contributed by atoms with Crippen molar-refractivity contribution in [2.24, 2.45) is 0 Å². The van der Waals surface area contributed by atoms with Crippen LogP contribution in [0.3, 0.4) is 0 Å². The van der Waals surface area contributed by atoms with Crippen LogP contribution in [0.2, 0.25) is 0 Å². The fourth-order valence-electron chi connectivity index (χ4n) is 2.70. The number of aliphatic carboxylic acids is 1. The lowest BCUT2D eigenvalue weighted by molar-refractivity contribution is -0.136. The van der Waals surface area contributed by atoms with E-state index in [0.29, 0.717) is 18.3 Å². The van der Waals surface area contributed by atoms with E-state index in [2.05, 4.69) is 12.2 Å². The van der Waals surface area contributed by atoms with Gasteiger partial charge in [-0.05, 0) is 43.9 Å². The molecule has 0 aromatic heterocycles. The summed E-state index contributed by atoms with van der Waals surface area (Å²) in [5, 5.41) is 11.6. The van der Waals surface area contributed by atoms with Crippen molar-refractivity contribution in [1.29, 1.82) is 0 Å². The van der Waals surface area contributed by atoms with Gasteiger partial charge in [-0.25, -0.2) is 0 Å². The molecule has 1 saturated heterocycles. The Bertz CT molecular complexity index is 564. The van der Waals surface area contributed by atoms with Gasteiger partial charge in [0.15, 0.2) is 0 Å². The molecule has 24 heavy (non-hydrogen) atoms. The van der Waals surface area contributed by atoms with Crippen LogP contribution in [0.25, 0.3) is 0 Å². The largest absolute Gasteiger partial charge is 0.481 e. The van der Waals surface area contributed by atoms with Crippen molar-refractivity contribution in [3.63, 3.8) is 0 Å². The Kier molecular flexibility index (Phi) is 7.59. The molecule has 5 nitrogen and oxygen atoms in total. The molecule has 0 spiro atoms. The highest BCUT2D eigenvalue weighted by Crippen LogP contribution is 2.23. The number of amides is 1. The zero-order valence-electron chi connectivity index (χ0n) is 14.0. The molecule has 1 amide bonds. The van der Waals surface area contributed by atoms with Gasteiger partial charge in [-0.3, -0.25) is 9.59 Å². The molecule has 1 aromatic carbocycles. The second-order valence-corrected chi connectivity index (χ2v) is 7.23. The number of hydrogen-bond acceptors (Lipinski definition) is 4. The molecule has 1 aliphatic rings. The Morgan fingerprint density at radius 3 is 2.88 bits per heavy atom. The number of carboxylic acids is 1. The van der Waals surface area contributed by atoms with Gasteiger partial charge in [0.05, 0.1) is 18.6 Å².